The Hall–Kier alpha value is -4.34. The van der Waals surface area contributed by atoms with E-state index in [-0.39, 0.29) is 20.5 Å². The minimum atomic E-state index is -0.479. The predicted octanol–water partition coefficient (Wildman–Crippen LogP) is 5.46. The van der Waals surface area contributed by atoms with Crippen LogP contribution in [0.25, 0.3) is 22.6 Å². The molecule has 0 atom stereocenters. The number of anilines is 1. The van der Waals surface area contributed by atoms with Crippen LogP contribution in [0, 0.1) is 10.1 Å². The molecule has 170 valence electrons. The van der Waals surface area contributed by atoms with Gasteiger partial charge in [0.1, 0.15) is 11.5 Å². The van der Waals surface area contributed by atoms with Gasteiger partial charge in [-0.05, 0) is 18.2 Å². The van der Waals surface area contributed by atoms with Crippen LogP contribution >= 0.6 is 0 Å². The number of ether oxygens (including phenoxy) is 2. The summed E-state index contributed by atoms with van der Waals surface area (Å²) >= 11 is 0. The molecule has 0 spiro atoms. The van der Waals surface area contributed by atoms with Crippen LogP contribution in [-0.4, -0.2) is 29.1 Å². The maximum atomic E-state index is 10.6. The van der Waals surface area contributed by atoms with Crippen molar-refractivity contribution in [1.29, 1.82) is 0 Å². The Morgan fingerprint density at radius 1 is 0.875 bits per heavy atom. The van der Waals surface area contributed by atoms with Crippen LogP contribution < -0.4 is 15.2 Å². The summed E-state index contributed by atoms with van der Waals surface area (Å²) in [6, 6.07) is 9.68. The number of nitrogens with two attached hydrogens (primary N) is 1. The van der Waals surface area contributed by atoms with E-state index < -0.39 is 4.92 Å². The van der Waals surface area contributed by atoms with Gasteiger partial charge in [-0.2, -0.15) is 0 Å². The molecule has 0 aliphatic rings. The van der Waals surface area contributed by atoms with Crippen molar-refractivity contribution < 1.29 is 23.2 Å². The van der Waals surface area contributed by atoms with Crippen LogP contribution in [0.1, 0.15) is 14.9 Å². The van der Waals surface area contributed by atoms with E-state index in [2.05, 4.69) is 9.97 Å². The van der Waals surface area contributed by atoms with Crippen LogP contribution in [0.2, 0.25) is 0 Å². The van der Waals surface area contributed by atoms with Gasteiger partial charge in [0.2, 0.25) is 0 Å². The molecule has 10 heteroatoms. The summed E-state index contributed by atoms with van der Waals surface area (Å²) < 4.78 is 20.5. The number of aromatic nitrogens is 2. The standard InChI is InChI=1S/C10H8N2O4.C10H10N2O2.2CH4/c1-15-9-4-7(12(13)14)2-3-8(9)10-5-11-6-16-10;1-13-9-4-7(11)2-3-8(9)10-5-12-6-14-10;;/h2-6H,1H3;2-6H,11H2,1H3;2*1H4. The van der Waals surface area contributed by atoms with Gasteiger partial charge in [-0.15, -0.1) is 0 Å². The summed E-state index contributed by atoms with van der Waals surface area (Å²) in [5.41, 5.74) is 7.74. The Labute approximate surface area is 185 Å². The van der Waals surface area contributed by atoms with E-state index in [9.17, 15) is 10.1 Å². The van der Waals surface area contributed by atoms with Crippen molar-refractivity contribution >= 4 is 11.4 Å². The minimum absolute atomic E-state index is 0. The molecular formula is C22H26N4O6. The summed E-state index contributed by atoms with van der Waals surface area (Å²) in [4.78, 5) is 17.7. The molecule has 2 heterocycles. The number of hydrogen-bond acceptors (Lipinski definition) is 9. The third-order valence-electron chi connectivity index (χ3n) is 4.02. The molecule has 2 aromatic heterocycles. The average Bonchev–Trinajstić information content (AvgIpc) is 3.48. The summed E-state index contributed by atoms with van der Waals surface area (Å²) in [5.74, 6) is 2.24. The number of nitrogens with zero attached hydrogens (tertiary/aromatic N) is 3. The fourth-order valence-electron chi connectivity index (χ4n) is 2.61. The van der Waals surface area contributed by atoms with E-state index in [1.54, 1.807) is 31.5 Å². The number of nitrogen functional groups attached to an aromatic ring is 1. The monoisotopic (exact) mass is 442 g/mol. The van der Waals surface area contributed by atoms with Crippen molar-refractivity contribution in [3.63, 3.8) is 0 Å². The largest absolute Gasteiger partial charge is 0.496 e. The Morgan fingerprint density at radius 2 is 1.38 bits per heavy atom. The molecule has 0 aliphatic carbocycles. The lowest BCUT2D eigenvalue weighted by molar-refractivity contribution is -0.384. The van der Waals surface area contributed by atoms with E-state index in [1.807, 2.05) is 6.07 Å². The number of rotatable bonds is 5. The maximum Gasteiger partial charge on any atom is 0.273 e. The zero-order valence-electron chi connectivity index (χ0n) is 16.1. The molecule has 0 saturated heterocycles. The molecule has 0 saturated carbocycles. The number of nitro groups is 1. The van der Waals surface area contributed by atoms with Crippen molar-refractivity contribution in [2.45, 2.75) is 14.9 Å². The van der Waals surface area contributed by atoms with Gasteiger partial charge < -0.3 is 24.0 Å². The highest BCUT2D eigenvalue weighted by molar-refractivity contribution is 5.69. The zero-order chi connectivity index (χ0) is 21.5. The van der Waals surface area contributed by atoms with E-state index in [0.29, 0.717) is 34.3 Å². The van der Waals surface area contributed by atoms with Gasteiger partial charge in [0.15, 0.2) is 24.3 Å². The summed E-state index contributed by atoms with van der Waals surface area (Å²) in [6.45, 7) is 0. The molecule has 0 unspecified atom stereocenters. The Kier molecular flexibility index (Phi) is 9.43. The number of oxazole rings is 2. The molecular weight excluding hydrogens is 416 g/mol. The van der Waals surface area contributed by atoms with Gasteiger partial charge in [-0.25, -0.2) is 9.97 Å². The highest BCUT2D eigenvalue weighted by atomic mass is 16.6. The lowest BCUT2D eigenvalue weighted by Crippen LogP contribution is -1.91. The molecule has 32 heavy (non-hydrogen) atoms. The van der Waals surface area contributed by atoms with Crippen LogP contribution in [0.5, 0.6) is 11.5 Å². The fraction of sp³-hybridized carbons (Fsp3) is 0.182. The number of hydrogen-bond donors (Lipinski definition) is 1. The Morgan fingerprint density at radius 3 is 1.81 bits per heavy atom. The van der Waals surface area contributed by atoms with E-state index in [1.165, 1.54) is 38.2 Å². The molecule has 0 bridgehead atoms. The number of benzene rings is 2. The highest BCUT2D eigenvalue weighted by Gasteiger charge is 2.14. The van der Waals surface area contributed by atoms with E-state index in [0.717, 1.165) is 5.56 Å². The molecule has 4 rings (SSSR count). The Bertz CT molecular complexity index is 1110. The van der Waals surface area contributed by atoms with E-state index >= 15 is 0 Å². The summed E-state index contributed by atoms with van der Waals surface area (Å²) in [5, 5.41) is 10.6. The third kappa shape index (κ3) is 5.85. The summed E-state index contributed by atoms with van der Waals surface area (Å²) in [6.07, 6.45) is 5.82. The van der Waals surface area contributed by atoms with Crippen molar-refractivity contribution in [1.82, 2.24) is 9.97 Å². The topological polar surface area (TPSA) is 140 Å². The average molecular weight is 442 g/mol. The zero-order valence-corrected chi connectivity index (χ0v) is 16.1. The fourth-order valence-corrected chi connectivity index (χ4v) is 2.61. The van der Waals surface area contributed by atoms with Crippen LogP contribution in [0.3, 0.4) is 0 Å². The second kappa shape index (κ2) is 11.7. The Balaban J connectivity index is 0.000000303. The molecule has 0 radical (unpaired) electrons. The van der Waals surface area contributed by atoms with E-state index in [4.69, 9.17) is 24.0 Å². The first-order valence-electron chi connectivity index (χ1n) is 8.57. The smallest absolute Gasteiger partial charge is 0.273 e. The number of non-ortho nitro benzene ring substituents is 1. The second-order valence-corrected chi connectivity index (χ2v) is 5.83. The van der Waals surface area contributed by atoms with Gasteiger partial charge in [0.25, 0.3) is 5.69 Å². The molecule has 2 N–H and O–H groups in total. The van der Waals surface area contributed by atoms with Gasteiger partial charge >= 0.3 is 0 Å². The first-order valence-corrected chi connectivity index (χ1v) is 8.57. The van der Waals surface area contributed by atoms with Crippen molar-refractivity contribution in [3.8, 4) is 34.1 Å². The molecule has 0 aliphatic heterocycles. The number of methoxy groups -OCH3 is 2. The molecule has 4 aromatic rings. The van der Waals surface area contributed by atoms with Gasteiger partial charge in [0.05, 0.1) is 48.7 Å². The molecule has 2 aromatic carbocycles. The van der Waals surface area contributed by atoms with Crippen molar-refractivity contribution in [2.24, 2.45) is 0 Å². The lowest BCUT2D eigenvalue weighted by atomic mass is 10.1. The second-order valence-electron chi connectivity index (χ2n) is 5.83. The summed E-state index contributed by atoms with van der Waals surface area (Å²) in [7, 11) is 3.04. The minimum Gasteiger partial charge on any atom is -0.496 e. The normalized spacial score (nSPS) is 9.44. The van der Waals surface area contributed by atoms with Crippen LogP contribution in [0.15, 0.2) is 70.4 Å². The van der Waals surface area contributed by atoms with Crippen molar-refractivity contribution in [3.05, 3.63) is 71.7 Å². The van der Waals surface area contributed by atoms with Gasteiger partial charge in [-0.3, -0.25) is 10.1 Å². The highest BCUT2D eigenvalue weighted by Crippen LogP contribution is 2.33. The lowest BCUT2D eigenvalue weighted by Gasteiger charge is -2.05. The van der Waals surface area contributed by atoms with Crippen molar-refractivity contribution in [2.75, 3.05) is 20.0 Å². The van der Waals surface area contributed by atoms with Crippen LogP contribution in [-0.2, 0) is 0 Å². The number of nitro benzene ring substituents is 1. The first kappa shape index (κ1) is 25.7. The molecule has 0 fully saturated rings. The first-order chi connectivity index (χ1) is 14.5. The van der Waals surface area contributed by atoms with Crippen LogP contribution in [0.4, 0.5) is 11.4 Å². The van der Waals surface area contributed by atoms with Gasteiger partial charge in [0, 0.05) is 17.8 Å². The van der Waals surface area contributed by atoms with Gasteiger partial charge in [-0.1, -0.05) is 14.9 Å². The predicted molar refractivity (Wildman–Crippen MR) is 122 cm³/mol. The third-order valence-corrected chi connectivity index (χ3v) is 4.02. The SMILES string of the molecule is C.C.COc1cc(N)ccc1-c1cnco1.COc1cc([N+](=O)[O-])ccc1-c1cnco1. The maximum absolute atomic E-state index is 10.6. The molecule has 0 amide bonds. The molecule has 10 nitrogen and oxygen atoms in total. The quantitative estimate of drug-likeness (QED) is 0.242.